The highest BCUT2D eigenvalue weighted by atomic mass is 16.3. The van der Waals surface area contributed by atoms with Crippen LogP contribution in [0.15, 0.2) is 24.3 Å². The van der Waals surface area contributed by atoms with E-state index in [9.17, 15) is 9.90 Å². The summed E-state index contributed by atoms with van der Waals surface area (Å²) in [5.74, 6) is 0.888. The second-order valence-corrected chi connectivity index (χ2v) is 5.34. The molecule has 0 aliphatic rings. The van der Waals surface area contributed by atoms with E-state index in [-0.39, 0.29) is 16.9 Å². The second kappa shape index (κ2) is 7.98. The van der Waals surface area contributed by atoms with Crippen molar-refractivity contribution in [1.82, 2.24) is 0 Å². The average molecular weight is 264 g/mol. The molecule has 0 amide bonds. The number of aromatic hydroxyl groups is 1. The van der Waals surface area contributed by atoms with E-state index in [2.05, 4.69) is 6.92 Å². The first kappa shape index (κ1) is 17.7. The molecule has 2 nitrogen and oxygen atoms in total. The Balaban J connectivity index is 0.00000154. The zero-order valence-corrected chi connectivity index (χ0v) is 13.2. The first-order chi connectivity index (χ1) is 8.86. The fourth-order valence-corrected chi connectivity index (χ4v) is 2.00. The normalized spacial score (nSPS) is 12.3. The standard InChI is InChI=1S/C15H22O2.C2H6/c1-5-12(10-15(3,4)11(2)16)13-6-8-14(17)9-7-13;1-2/h6-9,12,17H,5,10H2,1-4H3;1-2H3. The molecule has 1 aromatic carbocycles. The molecule has 1 atom stereocenters. The van der Waals surface area contributed by atoms with Gasteiger partial charge in [0.1, 0.15) is 11.5 Å². The topological polar surface area (TPSA) is 37.3 Å². The number of carbonyl (C=O) groups is 1. The second-order valence-electron chi connectivity index (χ2n) is 5.34. The van der Waals surface area contributed by atoms with Gasteiger partial charge in [0.2, 0.25) is 0 Å². The number of phenols is 1. The molecule has 1 rings (SSSR count). The Morgan fingerprint density at radius 1 is 1.21 bits per heavy atom. The van der Waals surface area contributed by atoms with E-state index in [0.29, 0.717) is 5.92 Å². The van der Waals surface area contributed by atoms with Gasteiger partial charge in [0.15, 0.2) is 0 Å². The molecular formula is C17H28O2. The van der Waals surface area contributed by atoms with Gasteiger partial charge in [-0.25, -0.2) is 0 Å². The summed E-state index contributed by atoms with van der Waals surface area (Å²) in [6, 6.07) is 7.30. The van der Waals surface area contributed by atoms with Crippen molar-refractivity contribution in [3.05, 3.63) is 29.8 Å². The molecule has 0 fully saturated rings. The quantitative estimate of drug-likeness (QED) is 0.819. The number of phenolic OH excluding ortho intramolecular Hbond substituents is 1. The van der Waals surface area contributed by atoms with Crippen LogP contribution in [0.5, 0.6) is 5.75 Å². The van der Waals surface area contributed by atoms with Crippen LogP contribution in [-0.4, -0.2) is 10.9 Å². The third kappa shape index (κ3) is 5.46. The Morgan fingerprint density at radius 2 is 1.68 bits per heavy atom. The molecule has 0 radical (unpaired) electrons. The smallest absolute Gasteiger partial charge is 0.135 e. The van der Waals surface area contributed by atoms with Crippen molar-refractivity contribution in [3.63, 3.8) is 0 Å². The minimum atomic E-state index is -0.279. The van der Waals surface area contributed by atoms with Crippen molar-refractivity contribution < 1.29 is 9.90 Å². The highest BCUT2D eigenvalue weighted by Gasteiger charge is 2.27. The highest BCUT2D eigenvalue weighted by molar-refractivity contribution is 5.81. The Bertz CT molecular complexity index is 377. The maximum Gasteiger partial charge on any atom is 0.135 e. The number of rotatable bonds is 5. The van der Waals surface area contributed by atoms with Gasteiger partial charge in [-0.2, -0.15) is 0 Å². The van der Waals surface area contributed by atoms with E-state index in [1.165, 1.54) is 5.56 Å². The van der Waals surface area contributed by atoms with E-state index < -0.39 is 0 Å². The molecule has 0 saturated heterocycles. The van der Waals surface area contributed by atoms with Crippen LogP contribution in [0.25, 0.3) is 0 Å². The number of carbonyl (C=O) groups excluding carboxylic acids is 1. The molecule has 0 heterocycles. The van der Waals surface area contributed by atoms with Gasteiger partial charge >= 0.3 is 0 Å². The summed E-state index contributed by atoms with van der Waals surface area (Å²) in [5.41, 5.74) is 0.915. The van der Waals surface area contributed by atoms with E-state index in [1.54, 1.807) is 19.1 Å². The fraction of sp³-hybridized carbons (Fsp3) is 0.588. The zero-order valence-electron chi connectivity index (χ0n) is 13.2. The van der Waals surface area contributed by atoms with Gasteiger partial charge in [-0.15, -0.1) is 0 Å². The minimum Gasteiger partial charge on any atom is -0.508 e. The number of hydrogen-bond acceptors (Lipinski definition) is 2. The lowest BCUT2D eigenvalue weighted by molar-refractivity contribution is -0.125. The summed E-state index contributed by atoms with van der Waals surface area (Å²) in [4.78, 5) is 11.6. The van der Waals surface area contributed by atoms with Crippen LogP contribution in [0.3, 0.4) is 0 Å². The predicted molar refractivity (Wildman–Crippen MR) is 81.6 cm³/mol. The molecule has 0 saturated carbocycles. The number of Topliss-reactive ketones (excluding diaryl/α,β-unsaturated/α-hetero) is 1. The molecule has 0 bridgehead atoms. The predicted octanol–water partition coefficient (Wildman–Crippen LogP) is 4.92. The maximum atomic E-state index is 11.6. The molecule has 0 aliphatic heterocycles. The van der Waals surface area contributed by atoms with Gasteiger partial charge in [-0.05, 0) is 43.4 Å². The Labute approximate surface area is 117 Å². The van der Waals surface area contributed by atoms with Crippen LogP contribution in [0.4, 0.5) is 0 Å². The summed E-state index contributed by atoms with van der Waals surface area (Å²) in [6.07, 6.45) is 1.85. The Kier molecular flexibility index (Phi) is 7.43. The van der Waals surface area contributed by atoms with Crippen molar-refractivity contribution in [2.24, 2.45) is 5.41 Å². The van der Waals surface area contributed by atoms with Gasteiger partial charge < -0.3 is 5.11 Å². The zero-order chi connectivity index (χ0) is 15.1. The van der Waals surface area contributed by atoms with E-state index >= 15 is 0 Å². The molecule has 108 valence electrons. The van der Waals surface area contributed by atoms with Crippen molar-refractivity contribution in [2.75, 3.05) is 0 Å². The van der Waals surface area contributed by atoms with Crippen LogP contribution < -0.4 is 0 Å². The summed E-state index contributed by atoms with van der Waals surface area (Å²) >= 11 is 0. The summed E-state index contributed by atoms with van der Waals surface area (Å²) < 4.78 is 0. The van der Waals surface area contributed by atoms with E-state index in [0.717, 1.165) is 12.8 Å². The highest BCUT2D eigenvalue weighted by Crippen LogP contribution is 2.34. The van der Waals surface area contributed by atoms with Crippen molar-refractivity contribution in [3.8, 4) is 5.75 Å². The molecule has 0 aliphatic carbocycles. The summed E-state index contributed by atoms with van der Waals surface area (Å²) in [7, 11) is 0. The van der Waals surface area contributed by atoms with Crippen molar-refractivity contribution >= 4 is 5.78 Å². The lowest BCUT2D eigenvalue weighted by Crippen LogP contribution is -2.24. The Hall–Kier alpha value is -1.31. The molecule has 1 N–H and O–H groups in total. The van der Waals surface area contributed by atoms with Gasteiger partial charge in [-0.1, -0.05) is 46.8 Å². The molecule has 1 aromatic rings. The monoisotopic (exact) mass is 264 g/mol. The van der Waals surface area contributed by atoms with Crippen LogP contribution in [0, 0.1) is 5.41 Å². The lowest BCUT2D eigenvalue weighted by atomic mass is 9.76. The molecule has 0 aromatic heterocycles. The van der Waals surface area contributed by atoms with Gasteiger partial charge in [-0.3, -0.25) is 4.79 Å². The number of hydrogen-bond donors (Lipinski definition) is 1. The molecular weight excluding hydrogens is 236 g/mol. The third-order valence-electron chi connectivity index (χ3n) is 3.57. The molecule has 19 heavy (non-hydrogen) atoms. The van der Waals surface area contributed by atoms with Crippen molar-refractivity contribution in [2.45, 2.75) is 60.3 Å². The maximum absolute atomic E-state index is 11.6. The fourth-order valence-electron chi connectivity index (χ4n) is 2.00. The number of ketones is 1. The van der Waals surface area contributed by atoms with Gasteiger partial charge in [0.05, 0.1) is 0 Å². The van der Waals surface area contributed by atoms with Crippen LogP contribution >= 0.6 is 0 Å². The lowest BCUT2D eigenvalue weighted by Gasteiger charge is -2.27. The summed E-state index contributed by atoms with van der Waals surface area (Å²) in [5, 5.41) is 9.28. The SMILES string of the molecule is CC.CCC(CC(C)(C)C(C)=O)c1ccc(O)cc1. The first-order valence-corrected chi connectivity index (χ1v) is 7.16. The first-order valence-electron chi connectivity index (χ1n) is 7.16. The largest absolute Gasteiger partial charge is 0.508 e. The van der Waals surface area contributed by atoms with Gasteiger partial charge in [0.25, 0.3) is 0 Å². The van der Waals surface area contributed by atoms with E-state index in [1.807, 2.05) is 39.8 Å². The molecule has 2 heteroatoms. The van der Waals surface area contributed by atoms with Gasteiger partial charge in [0, 0.05) is 5.41 Å². The van der Waals surface area contributed by atoms with Crippen LogP contribution in [-0.2, 0) is 4.79 Å². The van der Waals surface area contributed by atoms with Crippen molar-refractivity contribution in [1.29, 1.82) is 0 Å². The van der Waals surface area contributed by atoms with E-state index in [4.69, 9.17) is 0 Å². The molecule has 1 unspecified atom stereocenters. The summed E-state index contributed by atoms with van der Waals surface area (Å²) in [6.45, 7) is 11.8. The van der Waals surface area contributed by atoms with Crippen LogP contribution in [0.1, 0.15) is 65.9 Å². The average Bonchev–Trinajstić information content (AvgIpc) is 2.39. The molecule has 0 spiro atoms. The third-order valence-corrected chi connectivity index (χ3v) is 3.57. The Morgan fingerprint density at radius 3 is 2.05 bits per heavy atom. The van der Waals surface area contributed by atoms with Crippen LogP contribution in [0.2, 0.25) is 0 Å². The minimum absolute atomic E-state index is 0.231. The number of benzene rings is 1.